The van der Waals surface area contributed by atoms with Gasteiger partial charge in [-0.3, -0.25) is 9.59 Å². The fourth-order valence-electron chi connectivity index (χ4n) is 2.08. The Balaban J connectivity index is 4.28. The van der Waals surface area contributed by atoms with Crippen LogP contribution >= 0.6 is 0 Å². The number of primary amides is 1. The number of hydrogen-bond acceptors (Lipinski definition) is 7. The summed E-state index contributed by atoms with van der Waals surface area (Å²) in [7, 11) is 0. The number of amides is 2. The Labute approximate surface area is 158 Å². The molecule has 10 nitrogen and oxygen atoms in total. The van der Waals surface area contributed by atoms with E-state index in [-0.39, 0.29) is 38.4 Å². The van der Waals surface area contributed by atoms with E-state index in [0.717, 1.165) is 12.8 Å². The third-order valence-corrected chi connectivity index (χ3v) is 3.46. The van der Waals surface area contributed by atoms with Gasteiger partial charge in [-0.15, -0.1) is 10.1 Å². The van der Waals surface area contributed by atoms with Gasteiger partial charge in [-0.2, -0.15) is 0 Å². The third kappa shape index (κ3) is 15.3. The number of nitrogens with one attached hydrogen (secondary N) is 1. The van der Waals surface area contributed by atoms with E-state index in [1.807, 2.05) is 19.1 Å². The predicted molar refractivity (Wildman–Crippen MR) is 96.8 cm³/mol. The first-order valence-electron chi connectivity index (χ1n) is 9.03. The third-order valence-electron chi connectivity index (χ3n) is 3.46. The van der Waals surface area contributed by atoms with E-state index in [1.54, 1.807) is 0 Å². The molecule has 2 amide bonds. The van der Waals surface area contributed by atoms with Crippen LogP contribution in [0.3, 0.4) is 0 Å². The zero-order valence-corrected chi connectivity index (χ0v) is 15.7. The summed E-state index contributed by atoms with van der Waals surface area (Å²) >= 11 is 0. The molecule has 0 heterocycles. The molecule has 3 N–H and O–H groups in total. The second kappa shape index (κ2) is 15.6. The number of rotatable bonds is 16. The van der Waals surface area contributed by atoms with Gasteiger partial charge in [0.2, 0.25) is 11.8 Å². The van der Waals surface area contributed by atoms with Gasteiger partial charge in [0.15, 0.2) is 0 Å². The van der Waals surface area contributed by atoms with E-state index in [4.69, 9.17) is 10.5 Å². The molecule has 0 aromatic heterocycles. The van der Waals surface area contributed by atoms with Crippen molar-refractivity contribution >= 4 is 17.8 Å². The van der Waals surface area contributed by atoms with Crippen molar-refractivity contribution in [2.45, 2.75) is 64.3 Å². The lowest BCUT2D eigenvalue weighted by Gasteiger charge is -2.17. The molecular weight excluding hydrogens is 358 g/mol. The molecule has 0 radical (unpaired) electrons. The summed E-state index contributed by atoms with van der Waals surface area (Å²) in [5.41, 5.74) is 5.10. The van der Waals surface area contributed by atoms with Crippen molar-refractivity contribution < 1.29 is 29.0 Å². The minimum Gasteiger partial charge on any atom is -0.464 e. The van der Waals surface area contributed by atoms with Gasteiger partial charge >= 0.3 is 5.97 Å². The van der Waals surface area contributed by atoms with Crippen molar-refractivity contribution in [1.29, 1.82) is 0 Å². The average Bonchev–Trinajstić information content (AvgIpc) is 2.60. The van der Waals surface area contributed by atoms with Gasteiger partial charge in [-0.1, -0.05) is 19.1 Å². The van der Waals surface area contributed by atoms with Crippen LogP contribution in [0.1, 0.15) is 58.3 Å². The second-order valence-electron chi connectivity index (χ2n) is 5.83. The number of nitrogens with two attached hydrogens (primary N) is 1. The summed E-state index contributed by atoms with van der Waals surface area (Å²) in [5, 5.41) is 11.7. The first-order valence-corrected chi connectivity index (χ1v) is 9.03. The van der Waals surface area contributed by atoms with Gasteiger partial charge in [-0.05, 0) is 38.5 Å². The van der Waals surface area contributed by atoms with Crippen molar-refractivity contribution in [3.63, 3.8) is 0 Å². The Morgan fingerprint density at radius 2 is 1.85 bits per heavy atom. The van der Waals surface area contributed by atoms with Gasteiger partial charge in [-0.25, -0.2) is 4.79 Å². The van der Waals surface area contributed by atoms with Crippen LogP contribution in [0.4, 0.5) is 0 Å². The summed E-state index contributed by atoms with van der Waals surface area (Å²) in [5.74, 6) is -1.54. The normalized spacial score (nSPS) is 11.7. The van der Waals surface area contributed by atoms with Crippen LogP contribution in [0, 0.1) is 10.1 Å². The van der Waals surface area contributed by atoms with E-state index >= 15 is 0 Å². The minimum absolute atomic E-state index is 0.0324. The Kier molecular flexibility index (Phi) is 14.1. The van der Waals surface area contributed by atoms with Crippen molar-refractivity contribution in [2.75, 3.05) is 13.2 Å². The van der Waals surface area contributed by atoms with Crippen LogP contribution in [0.15, 0.2) is 12.2 Å². The summed E-state index contributed by atoms with van der Waals surface area (Å²) in [6, 6.07) is -0.953. The largest absolute Gasteiger partial charge is 0.464 e. The minimum atomic E-state index is -0.953. The van der Waals surface area contributed by atoms with Crippen LogP contribution < -0.4 is 11.1 Å². The highest BCUT2D eigenvalue weighted by Gasteiger charge is 2.22. The van der Waals surface area contributed by atoms with Gasteiger partial charge in [0, 0.05) is 12.8 Å². The molecule has 1 unspecified atom stereocenters. The molecule has 0 aliphatic heterocycles. The lowest BCUT2D eigenvalue weighted by atomic mass is 10.1. The quantitative estimate of drug-likeness (QED) is 0.133. The molecule has 0 aliphatic rings. The van der Waals surface area contributed by atoms with Gasteiger partial charge in [0.25, 0.3) is 5.09 Å². The maximum absolute atomic E-state index is 12.1. The molecule has 0 rings (SSSR count). The molecule has 154 valence electrons. The zero-order valence-electron chi connectivity index (χ0n) is 15.7. The monoisotopic (exact) mass is 387 g/mol. The molecule has 0 saturated carbocycles. The number of allylic oxidation sites excluding steroid dienone is 2. The molecule has 10 heteroatoms. The summed E-state index contributed by atoms with van der Waals surface area (Å²) in [6.45, 7) is 1.97. The molecule has 0 aromatic rings. The van der Waals surface area contributed by atoms with E-state index in [1.165, 1.54) is 0 Å². The number of nitrogens with zero attached hydrogens (tertiary/aromatic N) is 1. The van der Waals surface area contributed by atoms with Crippen LogP contribution in [0.2, 0.25) is 0 Å². The molecule has 0 aliphatic carbocycles. The van der Waals surface area contributed by atoms with Crippen molar-refractivity contribution in [3.8, 4) is 0 Å². The summed E-state index contributed by atoms with van der Waals surface area (Å²) < 4.78 is 5.06. The number of carbonyl (C=O) groups is 3. The van der Waals surface area contributed by atoms with E-state index in [0.29, 0.717) is 19.3 Å². The van der Waals surface area contributed by atoms with Gasteiger partial charge < -0.3 is 20.6 Å². The van der Waals surface area contributed by atoms with Crippen LogP contribution in [0.25, 0.3) is 0 Å². The van der Waals surface area contributed by atoms with Crippen LogP contribution in [-0.2, 0) is 24.0 Å². The van der Waals surface area contributed by atoms with E-state index in [9.17, 15) is 24.5 Å². The highest BCUT2D eigenvalue weighted by atomic mass is 16.9. The lowest BCUT2D eigenvalue weighted by Crippen LogP contribution is -2.42. The Hall–Kier alpha value is -2.65. The lowest BCUT2D eigenvalue weighted by molar-refractivity contribution is -0.757. The maximum atomic E-state index is 12.1. The van der Waals surface area contributed by atoms with Crippen molar-refractivity contribution in [1.82, 2.24) is 5.32 Å². The average molecular weight is 387 g/mol. The van der Waals surface area contributed by atoms with Crippen molar-refractivity contribution in [2.24, 2.45) is 5.73 Å². The SMILES string of the molecule is CC/C=C\CCCC(=O)NC(CCC(N)=O)C(=O)OCCCCO[N+](=O)[O-]. The number of unbranched alkanes of at least 4 members (excludes halogenated alkanes) is 2. The van der Waals surface area contributed by atoms with E-state index in [2.05, 4.69) is 10.2 Å². The molecule has 0 aromatic carbocycles. The van der Waals surface area contributed by atoms with E-state index < -0.39 is 23.0 Å². The smallest absolute Gasteiger partial charge is 0.328 e. The molecule has 0 spiro atoms. The number of esters is 1. The topological polar surface area (TPSA) is 151 Å². The summed E-state index contributed by atoms with van der Waals surface area (Å²) in [4.78, 5) is 49.2. The highest BCUT2D eigenvalue weighted by molar-refractivity contribution is 5.85. The number of hydrogen-bond donors (Lipinski definition) is 2. The van der Waals surface area contributed by atoms with Crippen LogP contribution in [-0.4, -0.2) is 42.1 Å². The molecule has 0 fully saturated rings. The highest BCUT2D eigenvalue weighted by Crippen LogP contribution is 2.04. The zero-order chi connectivity index (χ0) is 20.5. The second-order valence-corrected chi connectivity index (χ2v) is 5.83. The number of carbonyl (C=O) groups excluding carboxylic acids is 3. The maximum Gasteiger partial charge on any atom is 0.328 e. The van der Waals surface area contributed by atoms with Gasteiger partial charge in [0.05, 0.1) is 13.2 Å². The Morgan fingerprint density at radius 1 is 1.15 bits per heavy atom. The Bertz CT molecular complexity index is 509. The molecule has 1 atom stereocenters. The number of ether oxygens (including phenoxy) is 1. The standard InChI is InChI=1S/C17H29N3O7/c1-2-3-4-5-6-9-16(22)19-14(10-11-15(18)21)17(23)26-12-7-8-13-27-20(24)25/h3-4,14H,2,5-13H2,1H3,(H2,18,21)(H,19,22)/b4-3-. The summed E-state index contributed by atoms with van der Waals surface area (Å²) in [6.07, 6.45) is 7.34. The molecule has 0 saturated heterocycles. The molecule has 0 bridgehead atoms. The van der Waals surface area contributed by atoms with Gasteiger partial charge in [0.1, 0.15) is 6.04 Å². The first-order chi connectivity index (χ1) is 12.9. The fraction of sp³-hybridized carbons (Fsp3) is 0.706. The predicted octanol–water partition coefficient (Wildman–Crippen LogP) is 1.40. The molecular formula is C17H29N3O7. The Morgan fingerprint density at radius 3 is 2.48 bits per heavy atom. The van der Waals surface area contributed by atoms with Crippen molar-refractivity contribution in [3.05, 3.63) is 22.3 Å². The first kappa shape index (κ1) is 24.3. The molecule has 27 heavy (non-hydrogen) atoms. The fourth-order valence-corrected chi connectivity index (χ4v) is 2.08. The van der Waals surface area contributed by atoms with Crippen LogP contribution in [0.5, 0.6) is 0 Å².